The van der Waals surface area contributed by atoms with Crippen molar-refractivity contribution >= 4 is 0 Å². The molecule has 2 bridgehead atoms. The number of hydrogen-bond donors (Lipinski definition) is 2. The van der Waals surface area contributed by atoms with Gasteiger partial charge in [0, 0.05) is 12.0 Å². The van der Waals surface area contributed by atoms with Crippen LogP contribution >= 0.6 is 0 Å². The molecule has 0 spiro atoms. The van der Waals surface area contributed by atoms with Gasteiger partial charge in [-0.1, -0.05) is 12.5 Å². The summed E-state index contributed by atoms with van der Waals surface area (Å²) in [6, 6.07) is 5.80. The molecule has 0 saturated heterocycles. The molecule has 3 N–H and O–H groups in total. The summed E-state index contributed by atoms with van der Waals surface area (Å²) in [7, 11) is 0. The average molecular weight is 289 g/mol. The highest BCUT2D eigenvalue weighted by molar-refractivity contribution is 5.45. The number of ether oxygens (including phenoxy) is 2. The third kappa shape index (κ3) is 1.96. The Labute approximate surface area is 125 Å². The van der Waals surface area contributed by atoms with Crippen LogP contribution in [0.25, 0.3) is 0 Å². The molecule has 4 atom stereocenters. The van der Waals surface area contributed by atoms with Crippen molar-refractivity contribution in [2.24, 2.45) is 23.0 Å². The highest BCUT2D eigenvalue weighted by Crippen LogP contribution is 2.60. The zero-order valence-corrected chi connectivity index (χ0v) is 12.3. The quantitative estimate of drug-likeness (QED) is 0.896. The van der Waals surface area contributed by atoms with E-state index in [9.17, 15) is 5.11 Å². The van der Waals surface area contributed by atoms with E-state index in [0.717, 1.165) is 29.4 Å². The lowest BCUT2D eigenvalue weighted by molar-refractivity contribution is -0.0132. The van der Waals surface area contributed by atoms with Gasteiger partial charge in [0.05, 0.1) is 6.10 Å². The smallest absolute Gasteiger partial charge is 0.161 e. The lowest BCUT2D eigenvalue weighted by Gasteiger charge is -2.41. The van der Waals surface area contributed by atoms with Crippen LogP contribution in [0.1, 0.15) is 37.4 Å². The first-order valence-electron chi connectivity index (χ1n) is 8.00. The highest BCUT2D eigenvalue weighted by Gasteiger charge is 2.54. The minimum Gasteiger partial charge on any atom is -0.486 e. The summed E-state index contributed by atoms with van der Waals surface area (Å²) in [5.41, 5.74) is 6.88. The van der Waals surface area contributed by atoms with Crippen molar-refractivity contribution in [3.05, 3.63) is 23.8 Å². The monoisotopic (exact) mass is 289 g/mol. The van der Waals surface area contributed by atoms with E-state index in [4.69, 9.17) is 15.2 Å². The molecule has 0 amide bonds. The van der Waals surface area contributed by atoms with Crippen molar-refractivity contribution in [1.82, 2.24) is 0 Å². The zero-order chi connectivity index (χ0) is 14.4. The second kappa shape index (κ2) is 4.89. The Bertz CT molecular complexity index is 547. The Morgan fingerprint density at radius 1 is 1.24 bits per heavy atom. The van der Waals surface area contributed by atoms with E-state index in [1.54, 1.807) is 0 Å². The van der Waals surface area contributed by atoms with Crippen molar-refractivity contribution < 1.29 is 14.6 Å². The van der Waals surface area contributed by atoms with Gasteiger partial charge in [-0.05, 0) is 48.8 Å². The van der Waals surface area contributed by atoms with Crippen molar-refractivity contribution in [3.8, 4) is 11.5 Å². The van der Waals surface area contributed by atoms with Crippen molar-refractivity contribution in [2.45, 2.75) is 31.8 Å². The third-order valence-electron chi connectivity index (χ3n) is 5.83. The van der Waals surface area contributed by atoms with Gasteiger partial charge < -0.3 is 20.3 Å². The van der Waals surface area contributed by atoms with Gasteiger partial charge in [-0.3, -0.25) is 0 Å². The van der Waals surface area contributed by atoms with Crippen LogP contribution in [0.5, 0.6) is 11.5 Å². The largest absolute Gasteiger partial charge is 0.486 e. The molecule has 0 aromatic heterocycles. The fourth-order valence-electron chi connectivity index (χ4n) is 4.75. The predicted octanol–water partition coefficient (Wildman–Crippen LogP) is 2.26. The zero-order valence-electron chi connectivity index (χ0n) is 12.3. The van der Waals surface area contributed by atoms with Crippen molar-refractivity contribution in [3.63, 3.8) is 0 Å². The van der Waals surface area contributed by atoms with Gasteiger partial charge >= 0.3 is 0 Å². The molecule has 4 unspecified atom stereocenters. The number of aliphatic hydroxyl groups excluding tert-OH is 1. The number of fused-ring (bicyclic) bond motifs is 3. The topological polar surface area (TPSA) is 64.7 Å². The molecule has 1 aromatic carbocycles. The molecule has 3 aliphatic rings. The normalized spacial score (nSPS) is 35.0. The molecule has 1 aliphatic heterocycles. The molecule has 2 aliphatic carbocycles. The summed E-state index contributed by atoms with van der Waals surface area (Å²) < 4.78 is 11.2. The van der Waals surface area contributed by atoms with Gasteiger partial charge in [-0.2, -0.15) is 0 Å². The van der Waals surface area contributed by atoms with Crippen LogP contribution in [-0.2, 0) is 0 Å². The molecular weight excluding hydrogens is 266 g/mol. The molecule has 1 heterocycles. The van der Waals surface area contributed by atoms with E-state index < -0.39 is 6.10 Å². The van der Waals surface area contributed by atoms with E-state index >= 15 is 0 Å². The lowest BCUT2D eigenvalue weighted by Crippen LogP contribution is -2.41. The van der Waals surface area contributed by atoms with Crippen molar-refractivity contribution in [1.29, 1.82) is 0 Å². The van der Waals surface area contributed by atoms with Crippen LogP contribution in [0.4, 0.5) is 0 Å². The molecule has 2 fully saturated rings. The number of benzene rings is 1. The molecular formula is C17H23NO3. The van der Waals surface area contributed by atoms with Gasteiger partial charge in [0.1, 0.15) is 13.2 Å². The maximum Gasteiger partial charge on any atom is 0.161 e. The van der Waals surface area contributed by atoms with Crippen molar-refractivity contribution in [2.75, 3.05) is 19.8 Å². The molecule has 2 saturated carbocycles. The SMILES string of the molecule is NCC1(C(O)c2ccc3c(c2)OCCO3)CC2CCC1C2. The van der Waals surface area contributed by atoms with Gasteiger partial charge in [0.15, 0.2) is 11.5 Å². The Hall–Kier alpha value is -1.26. The first-order chi connectivity index (χ1) is 10.2. The molecule has 4 rings (SSSR count). The minimum atomic E-state index is -0.506. The summed E-state index contributed by atoms with van der Waals surface area (Å²) in [5.74, 6) is 2.83. The number of hydrogen-bond acceptors (Lipinski definition) is 4. The van der Waals surface area contributed by atoms with Crippen LogP contribution in [0.15, 0.2) is 18.2 Å². The van der Waals surface area contributed by atoms with Gasteiger partial charge in [-0.15, -0.1) is 0 Å². The van der Waals surface area contributed by atoms with Crippen LogP contribution in [0.2, 0.25) is 0 Å². The summed E-state index contributed by atoms with van der Waals surface area (Å²) in [4.78, 5) is 0. The first-order valence-corrected chi connectivity index (χ1v) is 8.00. The van der Waals surface area contributed by atoms with E-state index in [1.165, 1.54) is 19.3 Å². The number of nitrogens with two attached hydrogens (primary N) is 1. The molecule has 1 aromatic rings. The molecule has 114 valence electrons. The second-order valence-corrected chi connectivity index (χ2v) is 6.82. The van der Waals surface area contributed by atoms with Crippen LogP contribution in [0, 0.1) is 17.3 Å². The fraction of sp³-hybridized carbons (Fsp3) is 0.647. The molecule has 4 heteroatoms. The van der Waals surface area contributed by atoms with E-state index in [1.807, 2.05) is 18.2 Å². The Kier molecular flexibility index (Phi) is 3.12. The molecule has 21 heavy (non-hydrogen) atoms. The van der Waals surface area contributed by atoms with Gasteiger partial charge in [-0.25, -0.2) is 0 Å². The van der Waals surface area contributed by atoms with Crippen LogP contribution in [0.3, 0.4) is 0 Å². The summed E-state index contributed by atoms with van der Waals surface area (Å²) in [6.07, 6.45) is 4.31. The summed E-state index contributed by atoms with van der Waals surface area (Å²) in [6.45, 7) is 1.72. The average Bonchev–Trinajstić information content (AvgIpc) is 3.15. The maximum atomic E-state index is 11.0. The van der Waals surface area contributed by atoms with Crippen LogP contribution < -0.4 is 15.2 Å². The number of rotatable bonds is 3. The highest BCUT2D eigenvalue weighted by atomic mass is 16.6. The minimum absolute atomic E-state index is 0.146. The maximum absolute atomic E-state index is 11.0. The Balaban J connectivity index is 1.66. The summed E-state index contributed by atoms with van der Waals surface area (Å²) >= 11 is 0. The second-order valence-electron chi connectivity index (χ2n) is 6.82. The fourth-order valence-corrected chi connectivity index (χ4v) is 4.75. The van der Waals surface area contributed by atoms with Crippen LogP contribution in [-0.4, -0.2) is 24.9 Å². The molecule has 4 nitrogen and oxygen atoms in total. The predicted molar refractivity (Wildman–Crippen MR) is 79.3 cm³/mol. The summed E-state index contributed by atoms with van der Waals surface area (Å²) in [5, 5.41) is 11.0. The van der Waals surface area contributed by atoms with E-state index in [2.05, 4.69) is 0 Å². The Morgan fingerprint density at radius 3 is 2.71 bits per heavy atom. The van der Waals surface area contributed by atoms with Gasteiger partial charge in [0.25, 0.3) is 0 Å². The van der Waals surface area contributed by atoms with Gasteiger partial charge in [0.2, 0.25) is 0 Å². The Morgan fingerprint density at radius 2 is 2.05 bits per heavy atom. The molecule has 0 radical (unpaired) electrons. The third-order valence-corrected chi connectivity index (χ3v) is 5.83. The van der Waals surface area contributed by atoms with E-state index in [-0.39, 0.29) is 5.41 Å². The number of aliphatic hydroxyl groups is 1. The first kappa shape index (κ1) is 13.4. The lowest BCUT2D eigenvalue weighted by atomic mass is 9.67. The van der Waals surface area contributed by atoms with E-state index in [0.29, 0.717) is 25.7 Å². The standard InChI is InChI=1S/C17H23NO3/c18-10-17(9-11-1-3-13(17)7-11)16(19)12-2-4-14-15(8-12)21-6-5-20-14/h2,4,8,11,13,16,19H,1,3,5-7,9-10,18H2.